The second-order valence-corrected chi connectivity index (χ2v) is 5.21. The molecule has 1 aliphatic heterocycles. The van der Waals surface area contributed by atoms with E-state index in [9.17, 15) is 4.79 Å². The summed E-state index contributed by atoms with van der Waals surface area (Å²) in [6.07, 6.45) is 6.01. The fourth-order valence-corrected chi connectivity index (χ4v) is 2.56. The number of aromatic nitrogens is 2. The van der Waals surface area contributed by atoms with Gasteiger partial charge in [-0.1, -0.05) is 0 Å². The van der Waals surface area contributed by atoms with Crippen LogP contribution in [0.2, 0.25) is 0 Å². The van der Waals surface area contributed by atoms with Crippen LogP contribution in [0.4, 0.5) is 5.69 Å². The SMILES string of the molecule is COc1ccc(C(=O)N2CC[C@@H](Nc3cccnc3)C2)cn1. The molecule has 114 valence electrons. The second-order valence-electron chi connectivity index (χ2n) is 5.21. The first-order valence-corrected chi connectivity index (χ1v) is 7.22. The van der Waals surface area contributed by atoms with Crippen LogP contribution < -0.4 is 10.1 Å². The Hall–Kier alpha value is -2.63. The predicted octanol–water partition coefficient (Wildman–Crippen LogP) is 1.81. The maximum absolute atomic E-state index is 12.4. The van der Waals surface area contributed by atoms with Crippen molar-refractivity contribution in [3.8, 4) is 5.88 Å². The molecule has 0 bridgehead atoms. The van der Waals surface area contributed by atoms with Crippen LogP contribution in [0.1, 0.15) is 16.8 Å². The highest BCUT2D eigenvalue weighted by molar-refractivity contribution is 5.94. The van der Waals surface area contributed by atoms with Gasteiger partial charge in [-0.2, -0.15) is 0 Å². The molecule has 1 N–H and O–H groups in total. The quantitative estimate of drug-likeness (QED) is 0.932. The van der Waals surface area contributed by atoms with E-state index in [0.717, 1.165) is 18.7 Å². The lowest BCUT2D eigenvalue weighted by atomic mass is 10.2. The zero-order chi connectivity index (χ0) is 15.4. The number of methoxy groups -OCH3 is 1. The zero-order valence-corrected chi connectivity index (χ0v) is 12.4. The largest absolute Gasteiger partial charge is 0.481 e. The van der Waals surface area contributed by atoms with Crippen LogP contribution in [-0.4, -0.2) is 47.0 Å². The summed E-state index contributed by atoms with van der Waals surface area (Å²) in [5.74, 6) is 0.514. The van der Waals surface area contributed by atoms with Gasteiger partial charge in [-0.25, -0.2) is 4.98 Å². The third-order valence-electron chi connectivity index (χ3n) is 3.70. The number of hydrogen-bond donors (Lipinski definition) is 1. The smallest absolute Gasteiger partial charge is 0.255 e. The summed E-state index contributed by atoms with van der Waals surface area (Å²) in [7, 11) is 1.55. The van der Waals surface area contributed by atoms with Crippen LogP contribution in [0.3, 0.4) is 0 Å². The molecule has 0 aliphatic carbocycles. The lowest BCUT2D eigenvalue weighted by Crippen LogP contribution is -2.31. The van der Waals surface area contributed by atoms with Gasteiger partial charge >= 0.3 is 0 Å². The topological polar surface area (TPSA) is 67.3 Å². The Balaban J connectivity index is 1.60. The summed E-state index contributed by atoms with van der Waals surface area (Å²) in [5, 5.41) is 3.40. The van der Waals surface area contributed by atoms with E-state index in [2.05, 4.69) is 15.3 Å². The number of nitrogens with zero attached hydrogens (tertiary/aromatic N) is 3. The molecular weight excluding hydrogens is 280 g/mol. The van der Waals surface area contributed by atoms with E-state index in [0.29, 0.717) is 18.0 Å². The first-order chi connectivity index (χ1) is 10.8. The molecule has 6 nitrogen and oxygen atoms in total. The molecule has 3 rings (SSSR count). The molecule has 1 fully saturated rings. The van der Waals surface area contributed by atoms with Gasteiger partial charge in [0.25, 0.3) is 5.91 Å². The maximum Gasteiger partial charge on any atom is 0.255 e. The minimum atomic E-state index is 0.00522. The highest BCUT2D eigenvalue weighted by Gasteiger charge is 2.27. The van der Waals surface area contributed by atoms with Crippen LogP contribution in [0, 0.1) is 0 Å². The van der Waals surface area contributed by atoms with E-state index in [1.165, 1.54) is 0 Å². The van der Waals surface area contributed by atoms with E-state index in [4.69, 9.17) is 4.74 Å². The lowest BCUT2D eigenvalue weighted by Gasteiger charge is -2.17. The Morgan fingerprint density at radius 1 is 1.36 bits per heavy atom. The fraction of sp³-hybridized carbons (Fsp3) is 0.312. The first kappa shape index (κ1) is 14.3. The number of anilines is 1. The Bertz CT molecular complexity index is 630. The molecule has 1 aliphatic rings. The van der Waals surface area contributed by atoms with Gasteiger partial charge in [0.05, 0.1) is 18.4 Å². The first-order valence-electron chi connectivity index (χ1n) is 7.22. The minimum absolute atomic E-state index is 0.00522. The highest BCUT2D eigenvalue weighted by atomic mass is 16.5. The third-order valence-corrected chi connectivity index (χ3v) is 3.70. The molecule has 0 unspecified atom stereocenters. The maximum atomic E-state index is 12.4. The number of hydrogen-bond acceptors (Lipinski definition) is 5. The van der Waals surface area contributed by atoms with Gasteiger partial charge < -0.3 is 15.0 Å². The normalized spacial score (nSPS) is 17.3. The molecule has 1 atom stereocenters. The van der Waals surface area contributed by atoms with E-state index in [-0.39, 0.29) is 11.9 Å². The number of carbonyl (C=O) groups is 1. The standard InChI is InChI=1S/C16H18N4O2/c1-22-15-5-4-12(9-18-15)16(21)20-8-6-14(11-20)19-13-3-2-7-17-10-13/h2-5,7,9-10,14,19H,6,8,11H2,1H3/t14-/m1/s1. The molecule has 1 saturated heterocycles. The Morgan fingerprint density at radius 3 is 2.95 bits per heavy atom. The number of amides is 1. The van der Waals surface area contributed by atoms with Crippen LogP contribution in [0.15, 0.2) is 42.9 Å². The zero-order valence-electron chi connectivity index (χ0n) is 12.4. The van der Waals surface area contributed by atoms with E-state index in [1.807, 2.05) is 17.0 Å². The number of ether oxygens (including phenoxy) is 1. The van der Waals surface area contributed by atoms with Crippen molar-refractivity contribution in [2.75, 3.05) is 25.5 Å². The number of nitrogens with one attached hydrogen (secondary N) is 1. The van der Waals surface area contributed by atoms with Crippen molar-refractivity contribution in [3.63, 3.8) is 0 Å². The van der Waals surface area contributed by atoms with Gasteiger partial charge in [0, 0.05) is 43.8 Å². The summed E-state index contributed by atoms with van der Waals surface area (Å²) in [6, 6.07) is 7.57. The summed E-state index contributed by atoms with van der Waals surface area (Å²) >= 11 is 0. The average molecular weight is 298 g/mol. The summed E-state index contributed by atoms with van der Waals surface area (Å²) in [6.45, 7) is 1.42. The van der Waals surface area contributed by atoms with Gasteiger partial charge in [-0.3, -0.25) is 9.78 Å². The van der Waals surface area contributed by atoms with Crippen molar-refractivity contribution in [2.45, 2.75) is 12.5 Å². The average Bonchev–Trinajstić information content (AvgIpc) is 3.04. The highest BCUT2D eigenvalue weighted by Crippen LogP contribution is 2.18. The minimum Gasteiger partial charge on any atom is -0.481 e. The van der Waals surface area contributed by atoms with Crippen LogP contribution >= 0.6 is 0 Å². The molecule has 0 radical (unpaired) electrons. The Labute approximate surface area is 129 Å². The molecule has 2 aromatic rings. The molecule has 22 heavy (non-hydrogen) atoms. The summed E-state index contributed by atoms with van der Waals surface area (Å²) in [5.41, 5.74) is 1.57. The molecule has 1 amide bonds. The van der Waals surface area contributed by atoms with Crippen LogP contribution in [-0.2, 0) is 0 Å². The van der Waals surface area contributed by atoms with E-state index in [1.54, 1.807) is 37.8 Å². The van der Waals surface area contributed by atoms with Crippen LogP contribution in [0.25, 0.3) is 0 Å². The fourth-order valence-electron chi connectivity index (χ4n) is 2.56. The molecule has 0 aromatic carbocycles. The Morgan fingerprint density at radius 2 is 2.27 bits per heavy atom. The number of rotatable bonds is 4. The van der Waals surface area contributed by atoms with Crippen molar-refractivity contribution in [2.24, 2.45) is 0 Å². The molecule has 6 heteroatoms. The second kappa shape index (κ2) is 6.43. The van der Waals surface area contributed by atoms with Gasteiger partial charge in [0.2, 0.25) is 5.88 Å². The Kier molecular flexibility index (Phi) is 4.18. The van der Waals surface area contributed by atoms with E-state index >= 15 is 0 Å². The van der Waals surface area contributed by atoms with Gasteiger partial charge in [-0.05, 0) is 24.6 Å². The molecule has 0 spiro atoms. The van der Waals surface area contributed by atoms with Crippen molar-refractivity contribution in [3.05, 3.63) is 48.4 Å². The number of pyridine rings is 2. The van der Waals surface area contributed by atoms with Crippen molar-refractivity contribution >= 4 is 11.6 Å². The number of likely N-dealkylation sites (tertiary alicyclic amines) is 1. The monoisotopic (exact) mass is 298 g/mol. The van der Waals surface area contributed by atoms with E-state index < -0.39 is 0 Å². The predicted molar refractivity (Wildman–Crippen MR) is 83.0 cm³/mol. The molecule has 0 saturated carbocycles. The van der Waals surface area contributed by atoms with Crippen molar-refractivity contribution < 1.29 is 9.53 Å². The van der Waals surface area contributed by atoms with Gasteiger partial charge in [0.15, 0.2) is 0 Å². The van der Waals surface area contributed by atoms with Crippen molar-refractivity contribution in [1.82, 2.24) is 14.9 Å². The third kappa shape index (κ3) is 3.16. The number of carbonyl (C=O) groups excluding carboxylic acids is 1. The van der Waals surface area contributed by atoms with Crippen LogP contribution in [0.5, 0.6) is 5.88 Å². The molecular formula is C16H18N4O2. The van der Waals surface area contributed by atoms with Gasteiger partial charge in [0.1, 0.15) is 0 Å². The summed E-state index contributed by atoms with van der Waals surface area (Å²) < 4.78 is 5.01. The lowest BCUT2D eigenvalue weighted by molar-refractivity contribution is 0.0791. The van der Waals surface area contributed by atoms with Gasteiger partial charge in [-0.15, -0.1) is 0 Å². The molecule has 3 heterocycles. The van der Waals surface area contributed by atoms with Crippen molar-refractivity contribution in [1.29, 1.82) is 0 Å². The molecule has 2 aromatic heterocycles. The summed E-state index contributed by atoms with van der Waals surface area (Å²) in [4.78, 5) is 22.5.